The number of benzene rings is 1. The number of nitrogens with zero attached hydrogens (tertiary/aromatic N) is 5. The molecule has 7 heteroatoms. The predicted molar refractivity (Wildman–Crippen MR) is 106 cm³/mol. The first-order valence-electron chi connectivity index (χ1n) is 9.24. The average molecular weight is 379 g/mol. The van der Waals surface area contributed by atoms with Crippen LogP contribution in [0.15, 0.2) is 36.5 Å². The van der Waals surface area contributed by atoms with Crippen molar-refractivity contribution < 1.29 is 9.18 Å². The highest BCUT2D eigenvalue weighted by Gasteiger charge is 2.27. The fourth-order valence-corrected chi connectivity index (χ4v) is 3.19. The van der Waals surface area contributed by atoms with Crippen molar-refractivity contribution in [2.75, 3.05) is 0 Å². The molecular weight excluding hydrogens is 357 g/mol. The summed E-state index contributed by atoms with van der Waals surface area (Å²) in [5.74, 6) is -0.225. The van der Waals surface area contributed by atoms with Gasteiger partial charge in [-0.25, -0.2) is 14.4 Å². The van der Waals surface area contributed by atoms with Crippen LogP contribution in [-0.4, -0.2) is 30.2 Å². The highest BCUT2D eigenvalue weighted by molar-refractivity contribution is 5.93. The number of halogens is 1. The highest BCUT2D eigenvalue weighted by atomic mass is 19.1. The molecule has 3 aromatic heterocycles. The third-order valence-corrected chi connectivity index (χ3v) is 4.67. The van der Waals surface area contributed by atoms with Crippen LogP contribution >= 0.6 is 0 Å². The molecule has 0 atom stereocenters. The molecule has 28 heavy (non-hydrogen) atoms. The van der Waals surface area contributed by atoms with Gasteiger partial charge >= 0.3 is 0 Å². The Morgan fingerprint density at radius 1 is 1.04 bits per heavy atom. The van der Waals surface area contributed by atoms with Crippen molar-refractivity contribution in [1.29, 1.82) is 0 Å². The molecule has 0 saturated heterocycles. The minimum atomic E-state index is -0.585. The van der Waals surface area contributed by atoms with E-state index < -0.39 is 5.41 Å². The van der Waals surface area contributed by atoms with Crippen molar-refractivity contribution in [1.82, 2.24) is 24.3 Å². The van der Waals surface area contributed by atoms with E-state index in [9.17, 15) is 9.18 Å². The van der Waals surface area contributed by atoms with Gasteiger partial charge in [-0.05, 0) is 36.2 Å². The summed E-state index contributed by atoms with van der Waals surface area (Å²) >= 11 is 0. The predicted octanol–water partition coefficient (Wildman–Crippen LogP) is 4.72. The summed E-state index contributed by atoms with van der Waals surface area (Å²) in [6.45, 7) is 9.70. The molecule has 0 aliphatic heterocycles. The lowest BCUT2D eigenvalue weighted by Gasteiger charge is -2.16. The standard InChI is InChI=1S/C21H22FN5O/c1-12(2)17-10-15-18(26(17)14-8-6-13(22)7-9-14)25-16-11-23-27(19(16)24-15)20(28)21(3,4)5/h6-12H,1-5H3. The molecule has 0 amide bonds. The van der Waals surface area contributed by atoms with Gasteiger partial charge in [0.1, 0.15) is 16.9 Å². The van der Waals surface area contributed by atoms with Crippen LogP contribution in [-0.2, 0) is 0 Å². The lowest BCUT2D eigenvalue weighted by atomic mass is 9.96. The highest BCUT2D eigenvalue weighted by Crippen LogP contribution is 2.29. The molecule has 144 valence electrons. The minimum Gasteiger partial charge on any atom is -0.297 e. The zero-order chi connectivity index (χ0) is 20.2. The van der Waals surface area contributed by atoms with Crippen molar-refractivity contribution in [3.8, 4) is 5.69 Å². The van der Waals surface area contributed by atoms with Crippen LogP contribution in [0.4, 0.5) is 4.39 Å². The van der Waals surface area contributed by atoms with E-state index in [4.69, 9.17) is 9.97 Å². The van der Waals surface area contributed by atoms with E-state index in [-0.39, 0.29) is 17.6 Å². The van der Waals surface area contributed by atoms with E-state index in [1.807, 2.05) is 31.4 Å². The van der Waals surface area contributed by atoms with Gasteiger partial charge in [-0.2, -0.15) is 9.78 Å². The number of fused-ring (bicyclic) bond motifs is 2. The summed E-state index contributed by atoms with van der Waals surface area (Å²) in [5.41, 5.74) is 3.55. The number of rotatable bonds is 2. The second-order valence-corrected chi connectivity index (χ2v) is 8.29. The molecule has 0 aliphatic carbocycles. The summed E-state index contributed by atoms with van der Waals surface area (Å²) in [5, 5.41) is 4.22. The molecule has 0 radical (unpaired) electrons. The van der Waals surface area contributed by atoms with Gasteiger partial charge in [0.25, 0.3) is 5.91 Å². The minimum absolute atomic E-state index is 0.141. The Morgan fingerprint density at radius 3 is 2.29 bits per heavy atom. The summed E-state index contributed by atoms with van der Waals surface area (Å²) in [4.78, 5) is 22.1. The molecule has 0 spiro atoms. The topological polar surface area (TPSA) is 65.6 Å². The van der Waals surface area contributed by atoms with Gasteiger partial charge in [-0.3, -0.25) is 9.36 Å². The van der Waals surface area contributed by atoms with E-state index >= 15 is 0 Å². The summed E-state index contributed by atoms with van der Waals surface area (Å²) in [7, 11) is 0. The second kappa shape index (κ2) is 6.22. The fraction of sp³-hybridized carbons (Fsp3) is 0.333. The lowest BCUT2D eigenvalue weighted by Crippen LogP contribution is -2.27. The van der Waals surface area contributed by atoms with Crippen LogP contribution in [0, 0.1) is 11.2 Å². The molecule has 3 heterocycles. The Hall–Kier alpha value is -3.09. The Bertz CT molecular complexity index is 1200. The Morgan fingerprint density at radius 2 is 1.68 bits per heavy atom. The smallest absolute Gasteiger partial charge is 0.254 e. The normalized spacial score (nSPS) is 12.4. The van der Waals surface area contributed by atoms with E-state index in [1.165, 1.54) is 16.8 Å². The first kappa shape index (κ1) is 18.3. The number of hydrogen-bond acceptors (Lipinski definition) is 4. The van der Waals surface area contributed by atoms with E-state index in [0.29, 0.717) is 22.3 Å². The van der Waals surface area contributed by atoms with Crippen molar-refractivity contribution in [3.05, 3.63) is 48.0 Å². The van der Waals surface area contributed by atoms with Crippen molar-refractivity contribution in [3.63, 3.8) is 0 Å². The largest absolute Gasteiger partial charge is 0.297 e. The molecule has 4 rings (SSSR count). The molecule has 0 aliphatic rings. The number of hydrogen-bond donors (Lipinski definition) is 0. The first-order chi connectivity index (χ1) is 13.2. The molecular formula is C21H22FN5O. The monoisotopic (exact) mass is 379 g/mol. The maximum atomic E-state index is 13.4. The fourth-order valence-electron chi connectivity index (χ4n) is 3.19. The van der Waals surface area contributed by atoms with Crippen LogP contribution in [0.3, 0.4) is 0 Å². The SMILES string of the molecule is CC(C)c1cc2nc3c(cnn3C(=O)C(C)(C)C)nc2n1-c1ccc(F)cc1. The number of carbonyl (C=O) groups is 1. The van der Waals surface area contributed by atoms with Gasteiger partial charge in [-0.1, -0.05) is 34.6 Å². The van der Waals surface area contributed by atoms with Gasteiger partial charge in [0.05, 0.1) is 6.20 Å². The molecule has 1 aromatic carbocycles. The molecule has 0 N–H and O–H groups in total. The summed E-state index contributed by atoms with van der Waals surface area (Å²) in [6.07, 6.45) is 1.56. The Balaban J connectivity index is 1.99. The Kier molecular flexibility index (Phi) is 4.06. The Labute approximate surface area is 162 Å². The van der Waals surface area contributed by atoms with Crippen molar-refractivity contribution in [2.24, 2.45) is 5.41 Å². The van der Waals surface area contributed by atoms with E-state index in [0.717, 1.165) is 11.4 Å². The number of carbonyl (C=O) groups excluding carboxylic acids is 1. The molecule has 6 nitrogen and oxygen atoms in total. The van der Waals surface area contributed by atoms with E-state index in [1.54, 1.807) is 18.3 Å². The van der Waals surface area contributed by atoms with E-state index in [2.05, 4.69) is 18.9 Å². The summed E-state index contributed by atoms with van der Waals surface area (Å²) < 4.78 is 16.7. The molecule has 0 saturated carbocycles. The maximum Gasteiger partial charge on any atom is 0.254 e. The van der Waals surface area contributed by atoms with Crippen LogP contribution in [0.2, 0.25) is 0 Å². The summed E-state index contributed by atoms with van der Waals surface area (Å²) in [6, 6.07) is 8.27. The van der Waals surface area contributed by atoms with Gasteiger partial charge in [0.15, 0.2) is 11.3 Å². The lowest BCUT2D eigenvalue weighted by molar-refractivity contribution is 0.0754. The van der Waals surface area contributed by atoms with Crippen LogP contribution in [0.25, 0.3) is 28.0 Å². The van der Waals surface area contributed by atoms with Gasteiger partial charge < -0.3 is 0 Å². The molecule has 0 unspecified atom stereocenters. The van der Waals surface area contributed by atoms with Gasteiger partial charge in [0, 0.05) is 16.8 Å². The zero-order valence-electron chi connectivity index (χ0n) is 16.6. The van der Waals surface area contributed by atoms with Crippen LogP contribution < -0.4 is 0 Å². The van der Waals surface area contributed by atoms with Gasteiger partial charge in [-0.15, -0.1) is 0 Å². The third-order valence-electron chi connectivity index (χ3n) is 4.67. The second-order valence-electron chi connectivity index (χ2n) is 8.29. The quantitative estimate of drug-likeness (QED) is 0.505. The van der Waals surface area contributed by atoms with Gasteiger partial charge in [0.2, 0.25) is 0 Å². The first-order valence-corrected chi connectivity index (χ1v) is 9.24. The molecule has 4 aromatic rings. The van der Waals surface area contributed by atoms with Crippen LogP contribution in [0.5, 0.6) is 0 Å². The number of aromatic nitrogens is 5. The molecule has 0 fully saturated rings. The van der Waals surface area contributed by atoms with Crippen molar-refractivity contribution in [2.45, 2.75) is 40.5 Å². The third kappa shape index (κ3) is 2.87. The maximum absolute atomic E-state index is 13.4. The van der Waals surface area contributed by atoms with Crippen molar-refractivity contribution >= 4 is 28.2 Å². The molecule has 0 bridgehead atoms. The average Bonchev–Trinajstić information content (AvgIpc) is 3.20. The van der Waals surface area contributed by atoms with Crippen LogP contribution in [0.1, 0.15) is 51.0 Å². The zero-order valence-corrected chi connectivity index (χ0v) is 16.6.